The molecule has 1 aliphatic rings. The van der Waals surface area contributed by atoms with Crippen molar-refractivity contribution >= 4 is 28.4 Å². The summed E-state index contributed by atoms with van der Waals surface area (Å²) in [6.45, 7) is 5.03. The summed E-state index contributed by atoms with van der Waals surface area (Å²) in [5, 5.41) is 1.64. The molecule has 0 spiro atoms. The van der Waals surface area contributed by atoms with Crippen molar-refractivity contribution in [2.24, 2.45) is 5.92 Å². The van der Waals surface area contributed by atoms with Crippen molar-refractivity contribution in [3.8, 4) is 0 Å². The van der Waals surface area contributed by atoms with E-state index in [0.29, 0.717) is 23.2 Å². The SMILES string of the molecule is CCN(C[C@H]1CCOC1)C(=O)c1cc2cc(Cl)ccc2[nH]1. The first-order chi connectivity index (χ1) is 10.2. The monoisotopic (exact) mass is 306 g/mol. The van der Waals surface area contributed by atoms with Crippen LogP contribution in [0.25, 0.3) is 10.9 Å². The molecule has 0 unspecified atom stereocenters. The molecule has 1 saturated heterocycles. The molecule has 0 aliphatic carbocycles. The zero-order valence-corrected chi connectivity index (χ0v) is 12.8. The Hall–Kier alpha value is -1.52. The molecule has 1 fully saturated rings. The van der Waals surface area contributed by atoms with Crippen LogP contribution in [0.5, 0.6) is 0 Å². The summed E-state index contributed by atoms with van der Waals surface area (Å²) in [6, 6.07) is 7.46. The van der Waals surface area contributed by atoms with Crippen LogP contribution in [0.1, 0.15) is 23.8 Å². The number of ether oxygens (including phenoxy) is 1. The van der Waals surface area contributed by atoms with E-state index in [9.17, 15) is 4.79 Å². The second kappa shape index (κ2) is 6.08. The molecule has 1 aromatic carbocycles. The molecule has 0 saturated carbocycles. The number of rotatable bonds is 4. The van der Waals surface area contributed by atoms with Crippen LogP contribution in [0.3, 0.4) is 0 Å². The van der Waals surface area contributed by atoms with Crippen molar-refractivity contribution in [3.63, 3.8) is 0 Å². The van der Waals surface area contributed by atoms with Gasteiger partial charge in [0.25, 0.3) is 5.91 Å². The summed E-state index contributed by atoms with van der Waals surface area (Å²) in [7, 11) is 0. The average molecular weight is 307 g/mol. The van der Waals surface area contributed by atoms with E-state index in [1.165, 1.54) is 0 Å². The van der Waals surface area contributed by atoms with Crippen LogP contribution < -0.4 is 0 Å². The molecule has 4 nitrogen and oxygen atoms in total. The van der Waals surface area contributed by atoms with Crippen molar-refractivity contribution in [2.75, 3.05) is 26.3 Å². The lowest BCUT2D eigenvalue weighted by Crippen LogP contribution is -2.35. The normalized spacial score (nSPS) is 18.3. The minimum Gasteiger partial charge on any atom is -0.381 e. The average Bonchev–Trinajstić information content (AvgIpc) is 3.12. The first-order valence-electron chi connectivity index (χ1n) is 7.32. The number of benzene rings is 1. The lowest BCUT2D eigenvalue weighted by molar-refractivity contribution is 0.0726. The largest absolute Gasteiger partial charge is 0.381 e. The van der Waals surface area contributed by atoms with Gasteiger partial charge in [-0.1, -0.05) is 11.6 Å². The Balaban J connectivity index is 1.80. The van der Waals surface area contributed by atoms with E-state index in [4.69, 9.17) is 16.3 Å². The Morgan fingerprint density at radius 3 is 3.05 bits per heavy atom. The summed E-state index contributed by atoms with van der Waals surface area (Å²) in [4.78, 5) is 17.7. The van der Waals surface area contributed by atoms with E-state index in [1.54, 1.807) is 0 Å². The lowest BCUT2D eigenvalue weighted by atomic mass is 10.1. The first-order valence-corrected chi connectivity index (χ1v) is 7.70. The predicted octanol–water partition coefficient (Wildman–Crippen LogP) is 3.32. The fourth-order valence-corrected chi connectivity index (χ4v) is 2.96. The van der Waals surface area contributed by atoms with Gasteiger partial charge in [0.1, 0.15) is 5.69 Å². The number of amides is 1. The maximum Gasteiger partial charge on any atom is 0.270 e. The van der Waals surface area contributed by atoms with Gasteiger partial charge in [-0.05, 0) is 37.6 Å². The van der Waals surface area contributed by atoms with E-state index in [2.05, 4.69) is 4.98 Å². The number of aromatic amines is 1. The molecule has 2 aromatic rings. The van der Waals surface area contributed by atoms with Crippen LogP contribution in [0.15, 0.2) is 24.3 Å². The number of nitrogens with zero attached hydrogens (tertiary/aromatic N) is 1. The third-order valence-electron chi connectivity index (χ3n) is 3.98. The Morgan fingerprint density at radius 2 is 2.33 bits per heavy atom. The van der Waals surface area contributed by atoms with Crippen LogP contribution in [0.2, 0.25) is 5.02 Å². The molecular formula is C16H19ClN2O2. The van der Waals surface area contributed by atoms with E-state index in [0.717, 1.165) is 37.1 Å². The van der Waals surface area contributed by atoms with Crippen LogP contribution in [0, 0.1) is 5.92 Å². The molecule has 2 heterocycles. The number of hydrogen-bond donors (Lipinski definition) is 1. The maximum atomic E-state index is 12.6. The molecule has 1 aromatic heterocycles. The zero-order chi connectivity index (χ0) is 14.8. The van der Waals surface area contributed by atoms with Gasteiger partial charge >= 0.3 is 0 Å². The van der Waals surface area contributed by atoms with Gasteiger partial charge in [0.2, 0.25) is 0 Å². The molecule has 3 rings (SSSR count). The smallest absolute Gasteiger partial charge is 0.270 e. The van der Waals surface area contributed by atoms with Crippen molar-refractivity contribution in [1.82, 2.24) is 9.88 Å². The standard InChI is InChI=1S/C16H19ClN2O2/c1-2-19(9-11-5-6-21-10-11)16(20)15-8-12-7-13(17)3-4-14(12)18-15/h3-4,7-8,11,18H,2,5-6,9-10H2,1H3/t11-/m1/s1. The molecule has 0 radical (unpaired) electrons. The summed E-state index contributed by atoms with van der Waals surface area (Å²) in [6.07, 6.45) is 1.03. The van der Waals surface area contributed by atoms with Gasteiger partial charge in [0.05, 0.1) is 6.61 Å². The highest BCUT2D eigenvalue weighted by Crippen LogP contribution is 2.21. The van der Waals surface area contributed by atoms with Crippen LogP contribution in [-0.4, -0.2) is 42.1 Å². The predicted molar refractivity (Wildman–Crippen MR) is 83.8 cm³/mol. The number of aromatic nitrogens is 1. The molecule has 5 heteroatoms. The molecule has 1 aliphatic heterocycles. The third-order valence-corrected chi connectivity index (χ3v) is 4.22. The Labute approximate surface area is 129 Å². The Kier molecular flexibility index (Phi) is 4.17. The van der Waals surface area contributed by atoms with Crippen molar-refractivity contribution in [3.05, 3.63) is 35.0 Å². The molecule has 21 heavy (non-hydrogen) atoms. The van der Waals surface area contributed by atoms with Gasteiger partial charge in [-0.15, -0.1) is 0 Å². The number of halogens is 1. The summed E-state index contributed by atoms with van der Waals surface area (Å²) < 4.78 is 5.39. The van der Waals surface area contributed by atoms with Crippen LogP contribution in [-0.2, 0) is 4.74 Å². The highest BCUT2D eigenvalue weighted by atomic mass is 35.5. The first kappa shape index (κ1) is 14.4. The summed E-state index contributed by atoms with van der Waals surface area (Å²) >= 11 is 5.99. The van der Waals surface area contributed by atoms with E-state index < -0.39 is 0 Å². The fraction of sp³-hybridized carbons (Fsp3) is 0.438. The maximum absolute atomic E-state index is 12.6. The molecular weight excluding hydrogens is 288 g/mol. The minimum absolute atomic E-state index is 0.0386. The van der Waals surface area contributed by atoms with Gasteiger partial charge in [0, 0.05) is 41.5 Å². The van der Waals surface area contributed by atoms with Crippen molar-refractivity contribution < 1.29 is 9.53 Å². The van der Waals surface area contributed by atoms with E-state index in [1.807, 2.05) is 36.1 Å². The van der Waals surface area contributed by atoms with Gasteiger partial charge in [-0.2, -0.15) is 0 Å². The van der Waals surface area contributed by atoms with Crippen molar-refractivity contribution in [2.45, 2.75) is 13.3 Å². The highest BCUT2D eigenvalue weighted by Gasteiger charge is 2.23. The van der Waals surface area contributed by atoms with Gasteiger partial charge in [0.15, 0.2) is 0 Å². The number of hydrogen-bond acceptors (Lipinski definition) is 2. The fourth-order valence-electron chi connectivity index (χ4n) is 2.78. The number of carbonyl (C=O) groups excluding carboxylic acids is 1. The number of fused-ring (bicyclic) bond motifs is 1. The molecule has 1 amide bonds. The van der Waals surface area contributed by atoms with Crippen LogP contribution in [0.4, 0.5) is 0 Å². The topological polar surface area (TPSA) is 45.3 Å². The molecule has 112 valence electrons. The lowest BCUT2D eigenvalue weighted by Gasteiger charge is -2.23. The second-order valence-electron chi connectivity index (χ2n) is 5.49. The van der Waals surface area contributed by atoms with Crippen LogP contribution >= 0.6 is 11.6 Å². The minimum atomic E-state index is 0.0386. The number of H-pyrrole nitrogens is 1. The van der Waals surface area contributed by atoms with Gasteiger partial charge in [-0.25, -0.2) is 0 Å². The summed E-state index contributed by atoms with van der Waals surface area (Å²) in [5.41, 5.74) is 1.55. The number of nitrogens with one attached hydrogen (secondary N) is 1. The second-order valence-corrected chi connectivity index (χ2v) is 5.92. The van der Waals surface area contributed by atoms with Gasteiger partial charge in [-0.3, -0.25) is 4.79 Å². The Morgan fingerprint density at radius 1 is 1.48 bits per heavy atom. The number of carbonyl (C=O) groups is 1. The molecule has 0 bridgehead atoms. The molecule has 1 atom stereocenters. The Bertz CT molecular complexity index is 647. The van der Waals surface area contributed by atoms with Crippen molar-refractivity contribution in [1.29, 1.82) is 0 Å². The quantitative estimate of drug-likeness (QED) is 0.942. The van der Waals surface area contributed by atoms with E-state index >= 15 is 0 Å². The zero-order valence-electron chi connectivity index (χ0n) is 12.1. The summed E-state index contributed by atoms with van der Waals surface area (Å²) in [5.74, 6) is 0.490. The molecule has 1 N–H and O–H groups in total. The van der Waals surface area contributed by atoms with E-state index in [-0.39, 0.29) is 5.91 Å². The highest BCUT2D eigenvalue weighted by molar-refractivity contribution is 6.31. The van der Waals surface area contributed by atoms with Gasteiger partial charge < -0.3 is 14.6 Å². The third kappa shape index (κ3) is 3.06.